The molecule has 0 bridgehead atoms. The highest BCUT2D eigenvalue weighted by Crippen LogP contribution is 2.28. The summed E-state index contributed by atoms with van der Waals surface area (Å²) >= 11 is 12.0. The zero-order chi connectivity index (χ0) is 22.8. The van der Waals surface area contributed by atoms with Crippen LogP contribution >= 0.6 is 23.2 Å². The Morgan fingerprint density at radius 1 is 0.938 bits per heavy atom. The molecule has 2 heterocycles. The van der Waals surface area contributed by atoms with Gasteiger partial charge >= 0.3 is 0 Å². The number of amides is 4. The summed E-state index contributed by atoms with van der Waals surface area (Å²) < 4.78 is 0. The molecule has 9 heteroatoms. The molecule has 2 saturated heterocycles. The van der Waals surface area contributed by atoms with Gasteiger partial charge in [0, 0.05) is 30.6 Å². The molecule has 166 valence electrons. The first-order valence-electron chi connectivity index (χ1n) is 10.4. The highest BCUT2D eigenvalue weighted by molar-refractivity contribution is 6.42. The molecule has 1 unspecified atom stereocenters. The molecular weight excluding hydrogens is 453 g/mol. The second-order valence-corrected chi connectivity index (χ2v) is 8.62. The maximum Gasteiger partial charge on any atom is 0.254 e. The van der Waals surface area contributed by atoms with Crippen molar-refractivity contribution in [3.8, 4) is 0 Å². The Kier molecular flexibility index (Phi) is 6.48. The van der Waals surface area contributed by atoms with Gasteiger partial charge in [-0.2, -0.15) is 0 Å². The van der Waals surface area contributed by atoms with Gasteiger partial charge in [0.1, 0.15) is 6.04 Å². The van der Waals surface area contributed by atoms with Crippen LogP contribution in [0.3, 0.4) is 0 Å². The van der Waals surface area contributed by atoms with Crippen LogP contribution in [0.2, 0.25) is 10.0 Å². The van der Waals surface area contributed by atoms with Gasteiger partial charge in [0.15, 0.2) is 0 Å². The summed E-state index contributed by atoms with van der Waals surface area (Å²) in [7, 11) is 0. The number of imide groups is 1. The van der Waals surface area contributed by atoms with E-state index in [2.05, 4.69) is 5.32 Å². The third-order valence-corrected chi connectivity index (χ3v) is 6.40. The molecule has 0 spiro atoms. The van der Waals surface area contributed by atoms with Crippen molar-refractivity contribution in [2.24, 2.45) is 0 Å². The number of piperidine rings is 1. The summed E-state index contributed by atoms with van der Waals surface area (Å²) in [6, 6.07) is 10.6. The summed E-state index contributed by atoms with van der Waals surface area (Å²) in [5.74, 6) is -1.19. The van der Waals surface area contributed by atoms with Crippen molar-refractivity contribution in [2.75, 3.05) is 16.8 Å². The van der Waals surface area contributed by atoms with Crippen molar-refractivity contribution >= 4 is 58.2 Å². The quantitative estimate of drug-likeness (QED) is 0.671. The molecule has 2 fully saturated rings. The Hall–Kier alpha value is -2.90. The number of likely N-dealkylation sites (tertiary alicyclic amines) is 1. The fraction of sp³-hybridized carbons (Fsp3) is 0.304. The van der Waals surface area contributed by atoms with E-state index >= 15 is 0 Å². The van der Waals surface area contributed by atoms with Crippen LogP contribution in [0.4, 0.5) is 11.4 Å². The SMILES string of the molecule is O=C(Nc1ccc(Cl)c(Cl)c1)C1CCCCN1C(=O)c1cccc(N2C(=O)CCC2=O)c1. The van der Waals surface area contributed by atoms with Gasteiger partial charge in [-0.1, -0.05) is 29.3 Å². The molecule has 2 aliphatic rings. The zero-order valence-corrected chi connectivity index (χ0v) is 18.7. The minimum absolute atomic E-state index is 0.167. The van der Waals surface area contributed by atoms with E-state index in [0.29, 0.717) is 39.9 Å². The van der Waals surface area contributed by atoms with Crippen LogP contribution in [0.15, 0.2) is 42.5 Å². The van der Waals surface area contributed by atoms with Gasteiger partial charge in [-0.3, -0.25) is 24.1 Å². The lowest BCUT2D eigenvalue weighted by Crippen LogP contribution is -2.50. The van der Waals surface area contributed by atoms with Crippen LogP contribution in [0.25, 0.3) is 0 Å². The number of hydrogen-bond acceptors (Lipinski definition) is 4. The average Bonchev–Trinajstić information content (AvgIpc) is 3.13. The third-order valence-electron chi connectivity index (χ3n) is 5.66. The highest BCUT2D eigenvalue weighted by Gasteiger charge is 2.34. The van der Waals surface area contributed by atoms with Crippen LogP contribution in [0.1, 0.15) is 42.5 Å². The van der Waals surface area contributed by atoms with Gasteiger partial charge in [0.05, 0.1) is 15.7 Å². The third kappa shape index (κ3) is 4.49. The van der Waals surface area contributed by atoms with E-state index in [9.17, 15) is 19.2 Å². The largest absolute Gasteiger partial charge is 0.327 e. The second kappa shape index (κ2) is 9.30. The number of anilines is 2. The van der Waals surface area contributed by atoms with Gasteiger partial charge in [-0.15, -0.1) is 0 Å². The number of carbonyl (C=O) groups is 4. The molecule has 0 aliphatic carbocycles. The Morgan fingerprint density at radius 2 is 1.69 bits per heavy atom. The van der Waals surface area contributed by atoms with Crippen LogP contribution in [0.5, 0.6) is 0 Å². The number of halogens is 2. The lowest BCUT2D eigenvalue weighted by atomic mass is 9.99. The Morgan fingerprint density at radius 3 is 2.41 bits per heavy atom. The number of nitrogens with zero attached hydrogens (tertiary/aromatic N) is 2. The van der Waals surface area contributed by atoms with Crippen molar-refractivity contribution in [2.45, 2.75) is 38.1 Å². The summed E-state index contributed by atoms with van der Waals surface area (Å²) in [6.07, 6.45) is 2.47. The number of carbonyl (C=O) groups excluding carboxylic acids is 4. The maximum atomic E-state index is 13.3. The van der Waals surface area contributed by atoms with Crippen LogP contribution < -0.4 is 10.2 Å². The molecule has 0 saturated carbocycles. The summed E-state index contributed by atoms with van der Waals surface area (Å²) in [4.78, 5) is 53.1. The van der Waals surface area contributed by atoms with E-state index in [-0.39, 0.29) is 36.5 Å². The van der Waals surface area contributed by atoms with Gasteiger partial charge in [-0.05, 0) is 55.7 Å². The van der Waals surface area contributed by atoms with E-state index < -0.39 is 6.04 Å². The number of rotatable bonds is 4. The summed E-state index contributed by atoms with van der Waals surface area (Å²) in [5, 5.41) is 3.52. The molecule has 2 aromatic carbocycles. The smallest absolute Gasteiger partial charge is 0.254 e. The second-order valence-electron chi connectivity index (χ2n) is 7.80. The van der Waals surface area contributed by atoms with E-state index in [4.69, 9.17) is 23.2 Å². The number of nitrogens with one attached hydrogen (secondary N) is 1. The predicted molar refractivity (Wildman–Crippen MR) is 122 cm³/mol. The highest BCUT2D eigenvalue weighted by atomic mass is 35.5. The van der Waals surface area contributed by atoms with Crippen molar-refractivity contribution < 1.29 is 19.2 Å². The van der Waals surface area contributed by atoms with Crippen LogP contribution in [0, 0.1) is 0 Å². The predicted octanol–water partition coefficient (Wildman–Crippen LogP) is 4.28. The van der Waals surface area contributed by atoms with E-state index in [1.807, 2.05) is 0 Å². The first kappa shape index (κ1) is 22.3. The molecule has 0 aromatic heterocycles. The fourth-order valence-electron chi connectivity index (χ4n) is 4.06. The zero-order valence-electron chi connectivity index (χ0n) is 17.1. The Balaban J connectivity index is 1.54. The number of hydrogen-bond donors (Lipinski definition) is 1. The van der Waals surface area contributed by atoms with Crippen molar-refractivity contribution in [3.05, 3.63) is 58.1 Å². The molecule has 2 aliphatic heterocycles. The van der Waals surface area contributed by atoms with Gasteiger partial charge in [0.25, 0.3) is 5.91 Å². The van der Waals surface area contributed by atoms with E-state index in [0.717, 1.165) is 17.7 Å². The molecule has 0 radical (unpaired) electrons. The molecule has 7 nitrogen and oxygen atoms in total. The average molecular weight is 474 g/mol. The summed E-state index contributed by atoms with van der Waals surface area (Å²) in [6.45, 7) is 0.435. The molecular formula is C23H21Cl2N3O4. The monoisotopic (exact) mass is 473 g/mol. The molecule has 4 amide bonds. The van der Waals surface area contributed by atoms with E-state index in [1.165, 1.54) is 6.07 Å². The van der Waals surface area contributed by atoms with Gasteiger partial charge < -0.3 is 10.2 Å². The Labute approximate surface area is 195 Å². The van der Waals surface area contributed by atoms with Crippen LogP contribution in [-0.4, -0.2) is 41.1 Å². The lowest BCUT2D eigenvalue weighted by Gasteiger charge is -2.35. The van der Waals surface area contributed by atoms with Gasteiger partial charge in [-0.25, -0.2) is 0 Å². The summed E-state index contributed by atoms with van der Waals surface area (Å²) in [5.41, 5.74) is 1.19. The van der Waals surface area contributed by atoms with Crippen molar-refractivity contribution in [3.63, 3.8) is 0 Å². The molecule has 1 atom stereocenters. The first-order valence-corrected chi connectivity index (χ1v) is 11.1. The fourth-order valence-corrected chi connectivity index (χ4v) is 4.35. The molecule has 32 heavy (non-hydrogen) atoms. The topological polar surface area (TPSA) is 86.8 Å². The van der Waals surface area contributed by atoms with E-state index in [1.54, 1.807) is 41.3 Å². The number of benzene rings is 2. The van der Waals surface area contributed by atoms with Crippen molar-refractivity contribution in [1.82, 2.24) is 4.90 Å². The standard InChI is InChI=1S/C23H21Cl2N3O4/c24-17-8-7-15(13-18(17)25)26-22(31)19-6-1-2-11-27(19)23(32)14-4-3-5-16(12-14)28-20(29)9-10-21(28)30/h3-5,7-8,12-13,19H,1-2,6,9-11H2,(H,26,31). The normalized spacial score (nSPS) is 18.8. The van der Waals surface area contributed by atoms with Crippen LogP contribution in [-0.2, 0) is 14.4 Å². The first-order chi connectivity index (χ1) is 15.3. The molecule has 1 N–H and O–H groups in total. The molecule has 4 rings (SSSR count). The Bertz CT molecular complexity index is 1090. The lowest BCUT2D eigenvalue weighted by molar-refractivity contribution is -0.122. The minimum Gasteiger partial charge on any atom is -0.327 e. The maximum absolute atomic E-state index is 13.3. The molecule has 2 aromatic rings. The van der Waals surface area contributed by atoms with Crippen molar-refractivity contribution in [1.29, 1.82) is 0 Å². The minimum atomic E-state index is -0.649. The van der Waals surface area contributed by atoms with Gasteiger partial charge in [0.2, 0.25) is 17.7 Å².